The number of hydrogen-bond acceptors (Lipinski definition) is 1. The van der Waals surface area contributed by atoms with E-state index in [9.17, 15) is 8.78 Å². The summed E-state index contributed by atoms with van der Waals surface area (Å²) < 4.78 is 26.7. The molecule has 0 spiro atoms. The van der Waals surface area contributed by atoms with Crippen molar-refractivity contribution < 1.29 is 8.78 Å². The van der Waals surface area contributed by atoms with Gasteiger partial charge in [0.15, 0.2) is 0 Å². The summed E-state index contributed by atoms with van der Waals surface area (Å²) in [4.78, 5) is 0. The van der Waals surface area contributed by atoms with Crippen molar-refractivity contribution in [3.8, 4) is 0 Å². The van der Waals surface area contributed by atoms with Crippen LogP contribution in [-0.2, 0) is 5.92 Å². The number of benzene rings is 1. The zero-order valence-electron chi connectivity index (χ0n) is 7.50. The highest BCUT2D eigenvalue weighted by atomic mass is 19.3. The van der Waals surface area contributed by atoms with Gasteiger partial charge in [0, 0.05) is 18.0 Å². The van der Waals surface area contributed by atoms with Crippen LogP contribution in [0, 0.1) is 0 Å². The molecule has 1 aromatic carbocycles. The van der Waals surface area contributed by atoms with Crippen LogP contribution in [-0.4, -0.2) is 6.04 Å². The van der Waals surface area contributed by atoms with Crippen LogP contribution in [0.15, 0.2) is 30.3 Å². The van der Waals surface area contributed by atoms with Crippen LogP contribution in [0.4, 0.5) is 8.78 Å². The van der Waals surface area contributed by atoms with E-state index in [1.165, 1.54) is 12.1 Å². The summed E-state index contributed by atoms with van der Waals surface area (Å²) in [5.41, 5.74) is 5.37. The Labute approximate surface area is 76.6 Å². The molecule has 2 N–H and O–H groups in total. The van der Waals surface area contributed by atoms with E-state index in [4.69, 9.17) is 5.73 Å². The lowest BCUT2D eigenvalue weighted by Gasteiger charge is -2.18. The number of halogens is 2. The molecule has 0 aromatic heterocycles. The molecule has 0 saturated heterocycles. The first kappa shape index (κ1) is 10.1. The second kappa shape index (κ2) is 3.83. The molecule has 0 aliphatic carbocycles. The van der Waals surface area contributed by atoms with Crippen molar-refractivity contribution in [3.05, 3.63) is 35.9 Å². The summed E-state index contributed by atoms with van der Waals surface area (Å²) in [7, 11) is 0. The van der Waals surface area contributed by atoms with Gasteiger partial charge in [0.05, 0.1) is 0 Å². The fourth-order valence-electron chi connectivity index (χ4n) is 1.20. The van der Waals surface area contributed by atoms with Crippen LogP contribution in [0.1, 0.15) is 18.9 Å². The van der Waals surface area contributed by atoms with E-state index in [0.29, 0.717) is 0 Å². The molecule has 1 atom stereocenters. The van der Waals surface area contributed by atoms with Crippen molar-refractivity contribution in [2.75, 3.05) is 0 Å². The summed E-state index contributed by atoms with van der Waals surface area (Å²) in [6.07, 6.45) is -0.309. The van der Waals surface area contributed by atoms with Crippen molar-refractivity contribution in [2.24, 2.45) is 5.73 Å². The van der Waals surface area contributed by atoms with Gasteiger partial charge >= 0.3 is 0 Å². The summed E-state index contributed by atoms with van der Waals surface area (Å²) in [6, 6.07) is 7.26. The Hall–Kier alpha value is -0.960. The van der Waals surface area contributed by atoms with Gasteiger partial charge in [0.1, 0.15) is 0 Å². The van der Waals surface area contributed by atoms with Crippen LogP contribution in [0.5, 0.6) is 0 Å². The maximum atomic E-state index is 13.3. The maximum absolute atomic E-state index is 13.3. The Bertz CT molecular complexity index is 257. The Morgan fingerprint density at radius 2 is 1.85 bits per heavy atom. The molecule has 0 unspecified atom stereocenters. The van der Waals surface area contributed by atoms with Crippen molar-refractivity contribution >= 4 is 0 Å². The van der Waals surface area contributed by atoms with Gasteiger partial charge in [-0.2, -0.15) is 0 Å². The molecule has 0 amide bonds. The molecule has 0 bridgehead atoms. The van der Waals surface area contributed by atoms with E-state index in [1.807, 2.05) is 0 Å². The number of nitrogens with two attached hydrogens (primary N) is 1. The topological polar surface area (TPSA) is 26.0 Å². The molecular formula is C10H13F2N. The van der Waals surface area contributed by atoms with E-state index in [0.717, 1.165) is 0 Å². The summed E-state index contributed by atoms with van der Waals surface area (Å²) >= 11 is 0. The van der Waals surface area contributed by atoms with Crippen molar-refractivity contribution in [1.82, 2.24) is 0 Å². The molecule has 1 nitrogen and oxygen atoms in total. The number of hydrogen-bond donors (Lipinski definition) is 1. The summed E-state index contributed by atoms with van der Waals surface area (Å²) in [5.74, 6) is -2.81. The first-order chi connectivity index (χ1) is 6.02. The molecule has 0 aliphatic rings. The molecule has 13 heavy (non-hydrogen) atoms. The van der Waals surface area contributed by atoms with Gasteiger partial charge in [0.2, 0.25) is 0 Å². The van der Waals surface area contributed by atoms with Gasteiger partial charge in [-0.3, -0.25) is 0 Å². The van der Waals surface area contributed by atoms with Crippen molar-refractivity contribution in [2.45, 2.75) is 25.3 Å². The van der Waals surface area contributed by atoms with Gasteiger partial charge in [0.25, 0.3) is 5.92 Å². The zero-order valence-corrected chi connectivity index (χ0v) is 7.50. The monoisotopic (exact) mass is 185 g/mol. The van der Waals surface area contributed by atoms with E-state index < -0.39 is 12.0 Å². The maximum Gasteiger partial charge on any atom is 0.274 e. The average molecular weight is 185 g/mol. The lowest BCUT2D eigenvalue weighted by Crippen LogP contribution is -2.26. The number of alkyl halides is 2. The molecule has 1 rings (SSSR count). The molecule has 1 aromatic rings. The molecule has 72 valence electrons. The van der Waals surface area contributed by atoms with Gasteiger partial charge < -0.3 is 5.73 Å². The lowest BCUT2D eigenvalue weighted by atomic mass is 10.0. The fraction of sp³-hybridized carbons (Fsp3) is 0.400. The quantitative estimate of drug-likeness (QED) is 0.769. The zero-order chi connectivity index (χ0) is 9.90. The third-order valence-electron chi connectivity index (χ3n) is 1.77. The van der Waals surface area contributed by atoms with Crippen LogP contribution >= 0.6 is 0 Å². The van der Waals surface area contributed by atoms with Crippen molar-refractivity contribution in [1.29, 1.82) is 0 Å². The van der Waals surface area contributed by atoms with E-state index in [2.05, 4.69) is 0 Å². The van der Waals surface area contributed by atoms with Crippen LogP contribution in [0.25, 0.3) is 0 Å². The molecule has 0 aliphatic heterocycles. The molecule has 0 saturated carbocycles. The molecule has 3 heteroatoms. The smallest absolute Gasteiger partial charge is 0.274 e. The summed E-state index contributed by atoms with van der Waals surface area (Å²) in [6.45, 7) is 1.58. The number of rotatable bonds is 3. The minimum atomic E-state index is -2.81. The largest absolute Gasteiger partial charge is 0.328 e. The van der Waals surface area contributed by atoms with E-state index in [1.54, 1.807) is 25.1 Å². The highest BCUT2D eigenvalue weighted by Crippen LogP contribution is 2.31. The Morgan fingerprint density at radius 1 is 1.31 bits per heavy atom. The minimum absolute atomic E-state index is 0.0345. The van der Waals surface area contributed by atoms with Gasteiger partial charge in [-0.25, -0.2) is 8.78 Å². The second-order valence-electron chi connectivity index (χ2n) is 3.25. The highest BCUT2D eigenvalue weighted by molar-refractivity contribution is 5.19. The third kappa shape index (κ3) is 2.77. The Morgan fingerprint density at radius 3 is 2.31 bits per heavy atom. The minimum Gasteiger partial charge on any atom is -0.328 e. The van der Waals surface area contributed by atoms with Crippen LogP contribution in [0.2, 0.25) is 0 Å². The second-order valence-corrected chi connectivity index (χ2v) is 3.25. The predicted octanol–water partition coefficient (Wildman–Crippen LogP) is 2.52. The molecule has 0 heterocycles. The van der Waals surface area contributed by atoms with Crippen LogP contribution in [0.3, 0.4) is 0 Å². The van der Waals surface area contributed by atoms with Gasteiger partial charge in [-0.05, 0) is 6.92 Å². The Balaban J connectivity index is 2.81. The molecular weight excluding hydrogens is 172 g/mol. The van der Waals surface area contributed by atoms with Gasteiger partial charge in [-0.15, -0.1) is 0 Å². The molecule has 0 fully saturated rings. The highest BCUT2D eigenvalue weighted by Gasteiger charge is 2.31. The fourth-order valence-corrected chi connectivity index (χ4v) is 1.20. The third-order valence-corrected chi connectivity index (χ3v) is 1.77. The predicted molar refractivity (Wildman–Crippen MR) is 48.6 cm³/mol. The van der Waals surface area contributed by atoms with E-state index in [-0.39, 0.29) is 12.0 Å². The average Bonchev–Trinajstić information content (AvgIpc) is 2.04. The van der Waals surface area contributed by atoms with E-state index >= 15 is 0 Å². The Kier molecular flexibility index (Phi) is 2.98. The lowest BCUT2D eigenvalue weighted by molar-refractivity contribution is -0.0181. The first-order valence-corrected chi connectivity index (χ1v) is 4.21. The van der Waals surface area contributed by atoms with Gasteiger partial charge in [-0.1, -0.05) is 30.3 Å². The van der Waals surface area contributed by atoms with Crippen LogP contribution < -0.4 is 5.73 Å². The normalized spacial score (nSPS) is 14.2. The standard InChI is InChI=1S/C10H13F2N/c1-8(13)7-10(11,12)9-5-3-2-4-6-9/h2-6,8H,7,13H2,1H3/t8-/m0/s1. The first-order valence-electron chi connectivity index (χ1n) is 4.21. The SMILES string of the molecule is C[C@H](N)CC(F)(F)c1ccccc1. The molecule has 0 radical (unpaired) electrons. The van der Waals surface area contributed by atoms with Crippen molar-refractivity contribution in [3.63, 3.8) is 0 Å². The summed E-state index contributed by atoms with van der Waals surface area (Å²) in [5, 5.41) is 0.